The molecule has 0 aromatic carbocycles. The molecule has 3 heteroatoms. The molecule has 2 nitrogen and oxygen atoms in total. The smallest absolute Gasteiger partial charge is 0.128 e. The highest BCUT2D eigenvalue weighted by atomic mass is 127. The Balaban J connectivity index is 1.50. The van der Waals surface area contributed by atoms with Gasteiger partial charge in [0, 0.05) is 4.08 Å². The van der Waals surface area contributed by atoms with Crippen LogP contribution in [0.25, 0.3) is 0 Å². The SMILES string of the molecule is CCC1C2CC(C3=CC=IC=C3OCC3CO3)C(C2)C1CC. The van der Waals surface area contributed by atoms with Crippen LogP contribution in [0.4, 0.5) is 0 Å². The van der Waals surface area contributed by atoms with E-state index >= 15 is 0 Å². The predicted octanol–water partition coefficient (Wildman–Crippen LogP) is 4.66. The van der Waals surface area contributed by atoms with Crippen LogP contribution in [0.5, 0.6) is 0 Å². The first-order chi connectivity index (χ1) is 10.8. The van der Waals surface area contributed by atoms with E-state index in [1.54, 1.807) is 0 Å². The molecule has 0 amide bonds. The first-order valence-corrected chi connectivity index (χ1v) is 11.4. The molecular weight excluding hydrogens is 387 g/mol. The quantitative estimate of drug-likeness (QED) is 0.466. The predicted molar refractivity (Wildman–Crippen MR) is 99.2 cm³/mol. The van der Waals surface area contributed by atoms with Crippen molar-refractivity contribution in [2.24, 2.45) is 29.6 Å². The second-order valence-corrected chi connectivity index (χ2v) is 9.32. The fourth-order valence-corrected chi connectivity index (χ4v) is 6.98. The largest absolute Gasteiger partial charge is 0.490 e. The molecule has 3 fully saturated rings. The van der Waals surface area contributed by atoms with Gasteiger partial charge in [0.2, 0.25) is 0 Å². The van der Waals surface area contributed by atoms with E-state index < -0.39 is 0 Å². The molecule has 4 rings (SSSR count). The Kier molecular flexibility index (Phi) is 4.46. The molecule has 122 valence electrons. The van der Waals surface area contributed by atoms with Crippen LogP contribution >= 0.6 is 20.7 Å². The van der Waals surface area contributed by atoms with Crippen LogP contribution in [0.1, 0.15) is 39.5 Å². The van der Waals surface area contributed by atoms with Crippen molar-refractivity contribution in [2.75, 3.05) is 13.2 Å². The maximum absolute atomic E-state index is 6.14. The highest BCUT2D eigenvalue weighted by Crippen LogP contribution is 2.60. The minimum Gasteiger partial charge on any atom is -0.490 e. The summed E-state index contributed by atoms with van der Waals surface area (Å²) in [7, 11) is 0. The molecule has 2 bridgehead atoms. The van der Waals surface area contributed by atoms with Crippen molar-refractivity contribution in [3.63, 3.8) is 0 Å². The Morgan fingerprint density at radius 1 is 1.23 bits per heavy atom. The number of halogens is 1. The van der Waals surface area contributed by atoms with E-state index in [0.717, 1.165) is 42.8 Å². The molecule has 0 spiro atoms. The second kappa shape index (κ2) is 6.39. The van der Waals surface area contributed by atoms with Crippen molar-refractivity contribution in [1.29, 1.82) is 0 Å². The minimum atomic E-state index is 0.0553. The average Bonchev–Trinajstić information content (AvgIpc) is 3.20. The Morgan fingerprint density at radius 2 is 2.05 bits per heavy atom. The maximum atomic E-state index is 6.14. The maximum Gasteiger partial charge on any atom is 0.128 e. The van der Waals surface area contributed by atoms with Gasteiger partial charge in [0.15, 0.2) is 0 Å². The normalized spacial score (nSPS) is 42.6. The molecule has 2 aliphatic carbocycles. The number of fused-ring (bicyclic) bond motifs is 2. The van der Waals surface area contributed by atoms with Crippen molar-refractivity contribution >= 4 is 24.7 Å². The summed E-state index contributed by atoms with van der Waals surface area (Å²) in [5, 5.41) is 0. The summed E-state index contributed by atoms with van der Waals surface area (Å²) < 4.78 is 16.2. The Labute approximate surface area is 144 Å². The molecule has 6 atom stereocenters. The average molecular weight is 414 g/mol. The van der Waals surface area contributed by atoms with Crippen molar-refractivity contribution in [3.05, 3.63) is 21.5 Å². The van der Waals surface area contributed by atoms with E-state index in [2.05, 4.69) is 28.0 Å². The second-order valence-electron chi connectivity index (χ2n) is 7.26. The Hall–Kier alpha value is -0.160. The van der Waals surface area contributed by atoms with Gasteiger partial charge in [0.25, 0.3) is 0 Å². The number of hydrogen-bond acceptors (Lipinski definition) is 2. The Bertz CT molecular complexity index is 518. The van der Waals surface area contributed by atoms with Gasteiger partial charge in [-0.2, -0.15) is 0 Å². The highest BCUT2D eigenvalue weighted by molar-refractivity contribution is 14.2. The van der Waals surface area contributed by atoms with Gasteiger partial charge in [0.05, 0.1) is 6.61 Å². The molecule has 1 saturated heterocycles. The van der Waals surface area contributed by atoms with Crippen LogP contribution in [-0.2, 0) is 9.47 Å². The Morgan fingerprint density at radius 3 is 2.77 bits per heavy atom. The van der Waals surface area contributed by atoms with Crippen LogP contribution < -0.4 is 0 Å². The zero-order valence-electron chi connectivity index (χ0n) is 13.6. The van der Waals surface area contributed by atoms with Crippen LogP contribution in [0, 0.1) is 29.6 Å². The van der Waals surface area contributed by atoms with Gasteiger partial charge in [-0.15, -0.1) is 0 Å². The summed E-state index contributed by atoms with van der Waals surface area (Å²) in [6.07, 6.45) is 8.37. The molecule has 2 heterocycles. The number of ether oxygens (including phenoxy) is 2. The van der Waals surface area contributed by atoms with E-state index in [9.17, 15) is 0 Å². The van der Waals surface area contributed by atoms with Crippen LogP contribution in [0.2, 0.25) is 0 Å². The number of allylic oxidation sites excluding steroid dienone is 2. The number of epoxide rings is 1. The molecular formula is C19H27IO2. The van der Waals surface area contributed by atoms with Gasteiger partial charge in [-0.1, -0.05) is 47.4 Å². The lowest BCUT2D eigenvalue weighted by Gasteiger charge is -2.36. The molecule has 22 heavy (non-hydrogen) atoms. The lowest BCUT2D eigenvalue weighted by Crippen LogP contribution is -2.29. The fraction of sp³-hybridized carbons (Fsp3) is 0.737. The third-order valence-corrected chi connectivity index (χ3v) is 7.99. The van der Waals surface area contributed by atoms with E-state index in [4.69, 9.17) is 9.47 Å². The summed E-state index contributed by atoms with van der Waals surface area (Å²) in [6.45, 7) is 6.43. The molecule has 0 radical (unpaired) electrons. The summed E-state index contributed by atoms with van der Waals surface area (Å²) in [4.78, 5) is 0. The standard InChI is InChI=1S/C19H27IO2/c1-3-14-12-7-17(15(14)4-2)18(8-12)16-5-6-20-9-19(16)22-11-13-10-21-13/h5-6,9,12-15,17-18H,3-4,7-8,10-11H2,1-2H3. The molecule has 0 aromatic rings. The van der Waals surface area contributed by atoms with Crippen molar-refractivity contribution in [2.45, 2.75) is 45.6 Å². The van der Waals surface area contributed by atoms with Gasteiger partial charge in [0.1, 0.15) is 18.5 Å². The highest BCUT2D eigenvalue weighted by Gasteiger charge is 2.52. The topological polar surface area (TPSA) is 21.8 Å². The van der Waals surface area contributed by atoms with E-state index in [1.807, 2.05) is 0 Å². The molecule has 6 unspecified atom stereocenters. The summed E-state index contributed by atoms with van der Waals surface area (Å²) in [6, 6.07) is 0. The van der Waals surface area contributed by atoms with Gasteiger partial charge >= 0.3 is 0 Å². The van der Waals surface area contributed by atoms with Crippen LogP contribution in [0.15, 0.2) is 21.5 Å². The molecule has 2 saturated carbocycles. The van der Waals surface area contributed by atoms with Crippen molar-refractivity contribution in [1.82, 2.24) is 0 Å². The summed E-state index contributed by atoms with van der Waals surface area (Å²) in [5.41, 5.74) is 1.52. The van der Waals surface area contributed by atoms with Crippen LogP contribution in [0.3, 0.4) is 0 Å². The summed E-state index contributed by atoms with van der Waals surface area (Å²) in [5.74, 6) is 5.77. The minimum absolute atomic E-state index is 0.0553. The van der Waals surface area contributed by atoms with E-state index in [0.29, 0.717) is 6.10 Å². The van der Waals surface area contributed by atoms with Crippen LogP contribution in [-0.4, -0.2) is 23.3 Å². The fourth-order valence-electron chi connectivity index (χ4n) is 5.31. The number of rotatable bonds is 6. The lowest BCUT2D eigenvalue weighted by molar-refractivity contribution is 0.152. The van der Waals surface area contributed by atoms with Gasteiger partial charge < -0.3 is 9.47 Å². The lowest BCUT2D eigenvalue weighted by atomic mass is 9.69. The van der Waals surface area contributed by atoms with Gasteiger partial charge in [-0.05, 0) is 58.1 Å². The zero-order chi connectivity index (χ0) is 15.1. The first-order valence-electron chi connectivity index (χ1n) is 8.92. The third-order valence-electron chi connectivity index (χ3n) is 6.29. The third kappa shape index (κ3) is 2.72. The van der Waals surface area contributed by atoms with E-state index in [1.165, 1.54) is 37.0 Å². The molecule has 2 aliphatic heterocycles. The van der Waals surface area contributed by atoms with Crippen molar-refractivity contribution in [3.8, 4) is 0 Å². The molecule has 0 N–H and O–H groups in total. The monoisotopic (exact) mass is 414 g/mol. The zero-order valence-corrected chi connectivity index (χ0v) is 15.8. The van der Waals surface area contributed by atoms with Gasteiger partial charge in [-0.3, -0.25) is 0 Å². The first kappa shape index (κ1) is 15.4. The molecule has 0 aromatic heterocycles. The van der Waals surface area contributed by atoms with Crippen molar-refractivity contribution < 1.29 is 9.47 Å². The number of hydrogen-bond donors (Lipinski definition) is 0. The molecule has 4 aliphatic rings. The van der Waals surface area contributed by atoms with E-state index in [-0.39, 0.29) is 20.7 Å². The summed E-state index contributed by atoms with van der Waals surface area (Å²) >= 11 is 0.0553. The van der Waals surface area contributed by atoms with Gasteiger partial charge in [-0.25, -0.2) is 0 Å².